The molecule has 1 atom stereocenters. The van der Waals surface area contributed by atoms with Crippen LogP contribution in [0.5, 0.6) is 0 Å². The Labute approximate surface area is 119 Å². The molecule has 1 heterocycles. The number of nitrogens with zero attached hydrogens (tertiary/aromatic N) is 1. The van der Waals surface area contributed by atoms with Crippen LogP contribution in [0, 0.1) is 0 Å². The maximum atomic E-state index is 13.0. The van der Waals surface area contributed by atoms with Crippen molar-refractivity contribution in [3.05, 3.63) is 28.8 Å². The molecule has 0 unspecified atom stereocenters. The van der Waals surface area contributed by atoms with Gasteiger partial charge in [0, 0.05) is 19.1 Å². The lowest BCUT2D eigenvalue weighted by molar-refractivity contribution is -0.139. The van der Waals surface area contributed by atoms with Gasteiger partial charge >= 0.3 is 6.18 Å². The van der Waals surface area contributed by atoms with E-state index in [0.29, 0.717) is 12.5 Å². The van der Waals surface area contributed by atoms with Gasteiger partial charge < -0.3 is 5.73 Å². The second-order valence-electron chi connectivity index (χ2n) is 4.53. The van der Waals surface area contributed by atoms with Crippen molar-refractivity contribution in [3.8, 4) is 0 Å². The molecule has 1 aromatic rings. The van der Waals surface area contributed by atoms with Crippen molar-refractivity contribution in [2.75, 3.05) is 13.1 Å². The fourth-order valence-corrected chi connectivity index (χ4v) is 4.33. The maximum absolute atomic E-state index is 13.0. The summed E-state index contributed by atoms with van der Waals surface area (Å²) >= 11 is 5.70. The van der Waals surface area contributed by atoms with Gasteiger partial charge in [0.25, 0.3) is 0 Å². The van der Waals surface area contributed by atoms with Crippen LogP contribution in [0.15, 0.2) is 23.1 Å². The summed E-state index contributed by atoms with van der Waals surface area (Å²) in [5, 5.41) is -0.444. The highest BCUT2D eigenvalue weighted by Crippen LogP contribution is 2.39. The molecule has 4 nitrogen and oxygen atoms in total. The number of sulfonamides is 1. The Morgan fingerprint density at radius 1 is 1.35 bits per heavy atom. The molecule has 1 aliphatic heterocycles. The molecular formula is C11H12ClF3N2O2S. The third kappa shape index (κ3) is 2.78. The van der Waals surface area contributed by atoms with E-state index in [2.05, 4.69) is 0 Å². The molecule has 112 valence electrons. The van der Waals surface area contributed by atoms with E-state index >= 15 is 0 Å². The molecular weight excluding hydrogens is 317 g/mol. The molecule has 1 aliphatic rings. The predicted octanol–water partition coefficient (Wildman–Crippen LogP) is 2.08. The molecule has 0 amide bonds. The van der Waals surface area contributed by atoms with E-state index in [-0.39, 0.29) is 19.1 Å². The van der Waals surface area contributed by atoms with E-state index in [1.54, 1.807) is 0 Å². The van der Waals surface area contributed by atoms with Gasteiger partial charge in [0.2, 0.25) is 10.0 Å². The molecule has 1 saturated heterocycles. The number of nitrogens with two attached hydrogens (primary N) is 1. The molecule has 1 aromatic carbocycles. The third-order valence-electron chi connectivity index (χ3n) is 3.06. The summed E-state index contributed by atoms with van der Waals surface area (Å²) in [5.41, 5.74) is 4.34. The summed E-state index contributed by atoms with van der Waals surface area (Å²) in [4.78, 5) is -0.900. The van der Waals surface area contributed by atoms with E-state index < -0.39 is 31.7 Å². The van der Waals surface area contributed by atoms with Crippen LogP contribution in [-0.4, -0.2) is 31.9 Å². The van der Waals surface area contributed by atoms with Gasteiger partial charge in [0.1, 0.15) is 4.90 Å². The quantitative estimate of drug-likeness (QED) is 0.904. The molecule has 9 heteroatoms. The van der Waals surface area contributed by atoms with Gasteiger partial charge in [0.05, 0.1) is 10.6 Å². The molecule has 2 N–H and O–H groups in total. The maximum Gasteiger partial charge on any atom is 0.417 e. The summed E-state index contributed by atoms with van der Waals surface area (Å²) in [5.74, 6) is 0. The Hall–Kier alpha value is -0.830. The van der Waals surface area contributed by atoms with E-state index in [1.165, 1.54) is 0 Å². The van der Waals surface area contributed by atoms with Crippen molar-refractivity contribution in [2.24, 2.45) is 5.73 Å². The van der Waals surface area contributed by atoms with Crippen LogP contribution in [0.25, 0.3) is 0 Å². The lowest BCUT2D eigenvalue weighted by Gasteiger charge is -2.20. The van der Waals surface area contributed by atoms with Crippen LogP contribution in [0.3, 0.4) is 0 Å². The lowest BCUT2D eigenvalue weighted by Crippen LogP contribution is -2.33. The minimum atomic E-state index is -4.80. The number of hydrogen-bond donors (Lipinski definition) is 1. The Morgan fingerprint density at radius 3 is 2.50 bits per heavy atom. The van der Waals surface area contributed by atoms with Gasteiger partial charge in [-0.2, -0.15) is 17.5 Å². The summed E-state index contributed by atoms with van der Waals surface area (Å²) in [6.45, 7) is 0.0802. The van der Waals surface area contributed by atoms with Crippen molar-refractivity contribution < 1.29 is 21.6 Å². The average Bonchev–Trinajstić information content (AvgIpc) is 2.74. The first-order chi connectivity index (χ1) is 9.14. The van der Waals surface area contributed by atoms with E-state index in [1.807, 2.05) is 0 Å². The van der Waals surface area contributed by atoms with Crippen LogP contribution in [0.1, 0.15) is 12.0 Å². The Morgan fingerprint density at radius 2 is 2.00 bits per heavy atom. The molecule has 0 bridgehead atoms. The van der Waals surface area contributed by atoms with Crippen LogP contribution in [0.2, 0.25) is 5.02 Å². The SMILES string of the molecule is N[C@H]1CCN(S(=O)(=O)c2c(Cl)cccc2C(F)(F)F)C1. The Balaban J connectivity index is 2.57. The third-order valence-corrected chi connectivity index (χ3v) is 5.45. The smallest absolute Gasteiger partial charge is 0.326 e. The highest BCUT2D eigenvalue weighted by molar-refractivity contribution is 7.89. The first-order valence-electron chi connectivity index (χ1n) is 5.75. The van der Waals surface area contributed by atoms with Gasteiger partial charge in [-0.05, 0) is 18.6 Å². The summed E-state index contributed by atoms with van der Waals surface area (Å²) in [6.07, 6.45) is -4.39. The van der Waals surface area contributed by atoms with Crippen LogP contribution >= 0.6 is 11.6 Å². The molecule has 0 radical (unpaired) electrons. The number of halogens is 4. The largest absolute Gasteiger partial charge is 0.417 e. The fourth-order valence-electron chi connectivity index (χ4n) is 2.10. The second-order valence-corrected chi connectivity index (χ2v) is 6.81. The van der Waals surface area contributed by atoms with Gasteiger partial charge in [0.15, 0.2) is 0 Å². The highest BCUT2D eigenvalue weighted by atomic mass is 35.5. The van der Waals surface area contributed by atoms with Crippen LogP contribution in [0.4, 0.5) is 13.2 Å². The van der Waals surface area contributed by atoms with Crippen LogP contribution < -0.4 is 5.73 Å². The molecule has 0 saturated carbocycles. The predicted molar refractivity (Wildman–Crippen MR) is 67.8 cm³/mol. The van der Waals surface area contributed by atoms with Crippen molar-refractivity contribution in [3.63, 3.8) is 0 Å². The van der Waals surface area contributed by atoms with Gasteiger partial charge in [-0.1, -0.05) is 17.7 Å². The average molecular weight is 329 g/mol. The monoisotopic (exact) mass is 328 g/mol. The Bertz CT molecular complexity index is 619. The molecule has 20 heavy (non-hydrogen) atoms. The number of hydrogen-bond acceptors (Lipinski definition) is 3. The first-order valence-corrected chi connectivity index (χ1v) is 7.57. The summed E-state index contributed by atoms with van der Waals surface area (Å²) in [7, 11) is -4.31. The molecule has 0 spiro atoms. The number of alkyl halides is 3. The van der Waals surface area contributed by atoms with E-state index in [4.69, 9.17) is 17.3 Å². The zero-order valence-electron chi connectivity index (χ0n) is 10.2. The second kappa shape index (κ2) is 5.18. The fraction of sp³-hybridized carbons (Fsp3) is 0.455. The Kier molecular flexibility index (Phi) is 4.03. The number of benzene rings is 1. The van der Waals surface area contributed by atoms with Crippen LogP contribution in [-0.2, 0) is 16.2 Å². The molecule has 2 rings (SSSR count). The molecule has 0 aromatic heterocycles. The van der Waals surface area contributed by atoms with Crippen molar-refractivity contribution in [1.82, 2.24) is 4.31 Å². The lowest BCUT2D eigenvalue weighted by atomic mass is 10.2. The van der Waals surface area contributed by atoms with Gasteiger partial charge in [-0.3, -0.25) is 0 Å². The highest BCUT2D eigenvalue weighted by Gasteiger charge is 2.41. The molecule has 0 aliphatic carbocycles. The zero-order valence-corrected chi connectivity index (χ0v) is 11.8. The summed E-state index contributed by atoms with van der Waals surface area (Å²) in [6, 6.07) is 2.52. The van der Waals surface area contributed by atoms with Gasteiger partial charge in [-0.25, -0.2) is 8.42 Å². The summed E-state index contributed by atoms with van der Waals surface area (Å²) < 4.78 is 64.5. The minimum absolute atomic E-state index is 0.00907. The van der Waals surface area contributed by atoms with Crippen molar-refractivity contribution in [1.29, 1.82) is 0 Å². The minimum Gasteiger partial charge on any atom is -0.326 e. The van der Waals surface area contributed by atoms with Gasteiger partial charge in [-0.15, -0.1) is 0 Å². The van der Waals surface area contributed by atoms with Crippen molar-refractivity contribution in [2.45, 2.75) is 23.5 Å². The normalized spacial score (nSPS) is 21.4. The van der Waals surface area contributed by atoms with E-state index in [0.717, 1.165) is 16.4 Å². The molecule has 1 fully saturated rings. The topological polar surface area (TPSA) is 63.4 Å². The number of rotatable bonds is 2. The first kappa shape index (κ1) is 15.6. The van der Waals surface area contributed by atoms with Crippen molar-refractivity contribution >= 4 is 21.6 Å². The van der Waals surface area contributed by atoms with E-state index in [9.17, 15) is 21.6 Å². The standard InChI is InChI=1S/C11H12ClF3N2O2S/c12-9-3-1-2-8(11(13,14)15)10(9)20(18,19)17-5-4-7(16)6-17/h1-3,7H,4-6,16H2/t7-/m0/s1. The zero-order chi connectivity index (χ0) is 15.1.